The molecule has 0 atom stereocenters. The third-order valence-corrected chi connectivity index (χ3v) is 7.13. The molecule has 5 rings (SSSR count). The number of aromatic amines is 1. The van der Waals surface area contributed by atoms with E-state index in [0.717, 1.165) is 29.0 Å². The van der Waals surface area contributed by atoms with Crippen LogP contribution in [0.5, 0.6) is 5.75 Å². The molecule has 3 heterocycles. The van der Waals surface area contributed by atoms with E-state index in [-0.39, 0.29) is 17.4 Å². The second-order valence-corrected chi connectivity index (χ2v) is 10.0. The summed E-state index contributed by atoms with van der Waals surface area (Å²) in [5, 5.41) is 9.57. The van der Waals surface area contributed by atoms with Crippen LogP contribution < -0.4 is 15.6 Å². The van der Waals surface area contributed by atoms with Gasteiger partial charge >= 0.3 is 0 Å². The molecular weight excluding hydrogens is 510 g/mol. The minimum absolute atomic E-state index is 0.229. The number of H-pyrrole nitrogens is 1. The molecule has 8 nitrogen and oxygen atoms in total. The Morgan fingerprint density at radius 3 is 2.56 bits per heavy atom. The van der Waals surface area contributed by atoms with Gasteiger partial charge in [-0.25, -0.2) is 4.98 Å². The fraction of sp³-hybridized carbons (Fsp3) is 0.200. The fourth-order valence-electron chi connectivity index (χ4n) is 4.11. The van der Waals surface area contributed by atoms with Gasteiger partial charge in [0.2, 0.25) is 5.95 Å². The summed E-state index contributed by atoms with van der Waals surface area (Å²) in [4.78, 5) is 34.8. The van der Waals surface area contributed by atoms with Gasteiger partial charge in [-0.15, -0.1) is 11.3 Å². The summed E-state index contributed by atoms with van der Waals surface area (Å²) >= 11 is 1.53. The lowest BCUT2D eigenvalue weighted by molar-refractivity contribution is 0.102. The molecular formula is C30H29N5O3S. The van der Waals surface area contributed by atoms with Gasteiger partial charge in [-0.3, -0.25) is 14.6 Å². The number of hydrogen-bond donors (Lipinski definition) is 2. The molecule has 0 spiro atoms. The van der Waals surface area contributed by atoms with Crippen LogP contribution in [0.1, 0.15) is 46.9 Å². The van der Waals surface area contributed by atoms with Crippen LogP contribution in [0.2, 0.25) is 0 Å². The monoisotopic (exact) mass is 539 g/mol. The van der Waals surface area contributed by atoms with Gasteiger partial charge in [-0.2, -0.15) is 9.78 Å². The van der Waals surface area contributed by atoms with Crippen molar-refractivity contribution in [2.45, 2.75) is 33.1 Å². The molecule has 5 aromatic rings. The summed E-state index contributed by atoms with van der Waals surface area (Å²) in [6.07, 6.45) is 2.50. The summed E-state index contributed by atoms with van der Waals surface area (Å²) in [5.74, 6) is 1.03. The summed E-state index contributed by atoms with van der Waals surface area (Å²) < 4.78 is 7.17. The summed E-state index contributed by atoms with van der Waals surface area (Å²) in [6, 6.07) is 22.5. The Hall–Kier alpha value is -4.50. The standard InChI is InChI=1S/C30H29N5O3S/c1-3-4-16-38-23-14-12-22(13-15-23)28(36)32-27-19-25(26-11-8-17-39-26)34-35(27)30-31-20(2)24(29(37)33-30)18-21-9-6-5-7-10-21/h5-15,17,19H,3-4,16,18H2,1-2H3,(H,32,36)(H,31,33,37). The van der Waals surface area contributed by atoms with Crippen molar-refractivity contribution >= 4 is 23.1 Å². The van der Waals surface area contributed by atoms with Gasteiger partial charge in [0.15, 0.2) is 0 Å². The number of hydrogen-bond acceptors (Lipinski definition) is 6. The summed E-state index contributed by atoms with van der Waals surface area (Å²) in [7, 11) is 0. The van der Waals surface area contributed by atoms with Crippen LogP contribution in [-0.2, 0) is 6.42 Å². The Kier molecular flexibility index (Phi) is 7.98. The Morgan fingerprint density at radius 1 is 1.08 bits per heavy atom. The van der Waals surface area contributed by atoms with Gasteiger partial charge in [0, 0.05) is 23.6 Å². The maximum atomic E-state index is 13.2. The van der Waals surface area contributed by atoms with Crippen molar-refractivity contribution in [1.29, 1.82) is 0 Å². The van der Waals surface area contributed by atoms with Crippen LogP contribution in [0, 0.1) is 6.92 Å². The van der Waals surface area contributed by atoms with Gasteiger partial charge in [-0.05, 0) is 54.6 Å². The quantitative estimate of drug-likeness (QED) is 0.212. The molecule has 9 heteroatoms. The van der Waals surface area contributed by atoms with Gasteiger partial charge in [0.05, 0.1) is 17.2 Å². The topological polar surface area (TPSA) is 102 Å². The van der Waals surface area contributed by atoms with E-state index in [1.807, 2.05) is 54.8 Å². The van der Waals surface area contributed by atoms with Crippen LogP contribution in [0.3, 0.4) is 0 Å². The number of carbonyl (C=O) groups excluding carboxylic acids is 1. The normalized spacial score (nSPS) is 10.9. The third-order valence-electron chi connectivity index (χ3n) is 6.24. The molecule has 0 bridgehead atoms. The van der Waals surface area contributed by atoms with Crippen molar-refractivity contribution in [2.24, 2.45) is 0 Å². The second kappa shape index (κ2) is 11.9. The largest absolute Gasteiger partial charge is 0.494 e. The van der Waals surface area contributed by atoms with Crippen LogP contribution in [-0.4, -0.2) is 32.3 Å². The van der Waals surface area contributed by atoms with Crippen LogP contribution >= 0.6 is 11.3 Å². The number of rotatable bonds is 10. The lowest BCUT2D eigenvalue weighted by atomic mass is 10.1. The Morgan fingerprint density at radius 2 is 1.87 bits per heavy atom. The van der Waals surface area contributed by atoms with Gasteiger partial charge < -0.3 is 10.1 Å². The number of benzene rings is 2. The lowest BCUT2D eigenvalue weighted by Crippen LogP contribution is -2.22. The van der Waals surface area contributed by atoms with Gasteiger partial charge in [0.25, 0.3) is 11.5 Å². The highest BCUT2D eigenvalue weighted by Crippen LogP contribution is 2.28. The summed E-state index contributed by atoms with van der Waals surface area (Å²) in [6.45, 7) is 4.56. The van der Waals surface area contributed by atoms with Gasteiger partial charge in [0.1, 0.15) is 17.3 Å². The first-order valence-corrected chi connectivity index (χ1v) is 13.7. The first-order chi connectivity index (χ1) is 19.0. The lowest BCUT2D eigenvalue weighted by Gasteiger charge is -2.11. The van der Waals surface area contributed by atoms with Crippen molar-refractivity contribution in [3.05, 3.63) is 111 Å². The molecule has 1 amide bonds. The molecule has 0 aliphatic rings. The number of unbranched alkanes of at least 4 members (excludes halogenated alkanes) is 1. The molecule has 2 N–H and O–H groups in total. The van der Waals surface area contributed by atoms with E-state index in [4.69, 9.17) is 4.74 Å². The molecule has 0 aliphatic heterocycles. The van der Waals surface area contributed by atoms with E-state index in [0.29, 0.717) is 41.4 Å². The zero-order valence-corrected chi connectivity index (χ0v) is 22.6. The van der Waals surface area contributed by atoms with E-state index in [2.05, 4.69) is 27.3 Å². The van der Waals surface area contributed by atoms with E-state index in [9.17, 15) is 9.59 Å². The number of aryl methyl sites for hydroxylation is 1. The number of carbonyl (C=O) groups is 1. The van der Waals surface area contributed by atoms with Crippen molar-refractivity contribution in [1.82, 2.24) is 19.7 Å². The number of aromatic nitrogens is 4. The molecule has 3 aromatic heterocycles. The van der Waals surface area contributed by atoms with Gasteiger partial charge in [-0.1, -0.05) is 49.7 Å². The third kappa shape index (κ3) is 6.15. The molecule has 39 heavy (non-hydrogen) atoms. The molecule has 198 valence electrons. The first-order valence-electron chi connectivity index (χ1n) is 12.8. The number of amides is 1. The van der Waals surface area contributed by atoms with E-state index >= 15 is 0 Å². The predicted octanol–water partition coefficient (Wildman–Crippen LogP) is 6.01. The smallest absolute Gasteiger partial charge is 0.256 e. The maximum absolute atomic E-state index is 13.2. The SMILES string of the molecule is CCCCOc1ccc(C(=O)Nc2cc(-c3cccs3)nn2-c2nc(C)c(Cc3ccccc3)c(=O)[nH]2)cc1. The molecule has 0 saturated carbocycles. The highest BCUT2D eigenvalue weighted by Gasteiger charge is 2.18. The number of nitrogens with zero attached hydrogens (tertiary/aromatic N) is 3. The van der Waals surface area contributed by atoms with Crippen LogP contribution in [0.4, 0.5) is 5.82 Å². The van der Waals surface area contributed by atoms with Crippen molar-refractivity contribution < 1.29 is 9.53 Å². The Labute approximate surface area is 230 Å². The van der Waals surface area contributed by atoms with Crippen LogP contribution in [0.15, 0.2) is 83.0 Å². The molecule has 0 aliphatic carbocycles. The number of anilines is 1. The Balaban J connectivity index is 1.44. The van der Waals surface area contributed by atoms with Crippen molar-refractivity contribution in [2.75, 3.05) is 11.9 Å². The fourth-order valence-corrected chi connectivity index (χ4v) is 4.79. The highest BCUT2D eigenvalue weighted by atomic mass is 32.1. The second-order valence-electron chi connectivity index (χ2n) is 9.10. The Bertz CT molecular complexity index is 1610. The molecule has 2 aromatic carbocycles. The predicted molar refractivity (Wildman–Crippen MR) is 154 cm³/mol. The molecule has 0 fully saturated rings. The molecule has 0 saturated heterocycles. The number of thiophene rings is 1. The van der Waals surface area contributed by atoms with Crippen molar-refractivity contribution in [3.8, 4) is 22.3 Å². The zero-order chi connectivity index (χ0) is 27.2. The summed E-state index contributed by atoms with van der Waals surface area (Å²) in [5.41, 5.74) is 3.09. The molecule has 0 radical (unpaired) electrons. The average molecular weight is 540 g/mol. The van der Waals surface area contributed by atoms with E-state index < -0.39 is 0 Å². The van der Waals surface area contributed by atoms with Crippen LogP contribution in [0.25, 0.3) is 16.5 Å². The number of ether oxygens (including phenoxy) is 1. The minimum atomic E-state index is -0.311. The van der Waals surface area contributed by atoms with Crippen molar-refractivity contribution in [3.63, 3.8) is 0 Å². The first kappa shape index (κ1) is 26.1. The van der Waals surface area contributed by atoms with E-state index in [1.54, 1.807) is 30.3 Å². The average Bonchev–Trinajstić information content (AvgIpc) is 3.62. The number of nitrogens with one attached hydrogen (secondary N) is 2. The maximum Gasteiger partial charge on any atom is 0.256 e. The molecule has 0 unspecified atom stereocenters. The highest BCUT2D eigenvalue weighted by molar-refractivity contribution is 7.13. The minimum Gasteiger partial charge on any atom is -0.494 e. The zero-order valence-electron chi connectivity index (χ0n) is 21.8. The van der Waals surface area contributed by atoms with E-state index in [1.165, 1.54) is 16.0 Å².